The summed E-state index contributed by atoms with van der Waals surface area (Å²) in [6.07, 6.45) is 1.09. The van der Waals surface area contributed by atoms with E-state index >= 15 is 0 Å². The maximum absolute atomic E-state index is 13.9. The molecule has 1 saturated carbocycles. The zero-order valence-corrected chi connectivity index (χ0v) is 24.0. The number of ether oxygens (including phenoxy) is 3. The summed E-state index contributed by atoms with van der Waals surface area (Å²) in [6, 6.07) is 5.09. The lowest BCUT2D eigenvalue weighted by molar-refractivity contribution is -0.135. The minimum atomic E-state index is -0.785. The van der Waals surface area contributed by atoms with E-state index in [-0.39, 0.29) is 11.8 Å². The number of aliphatic hydroxyl groups is 1. The van der Waals surface area contributed by atoms with E-state index in [0.717, 1.165) is 5.56 Å². The van der Waals surface area contributed by atoms with Gasteiger partial charge in [0.15, 0.2) is 11.5 Å². The molecule has 0 spiro atoms. The molecule has 0 aromatic heterocycles. The van der Waals surface area contributed by atoms with Crippen LogP contribution in [0.15, 0.2) is 18.2 Å². The van der Waals surface area contributed by atoms with Crippen LogP contribution in [0.4, 0.5) is 4.79 Å². The molecule has 0 bridgehead atoms. The van der Waals surface area contributed by atoms with Gasteiger partial charge >= 0.3 is 6.09 Å². The lowest BCUT2D eigenvalue weighted by Crippen LogP contribution is -2.55. The second kappa shape index (κ2) is 10.7. The fourth-order valence-electron chi connectivity index (χ4n) is 4.86. The van der Waals surface area contributed by atoms with Crippen LogP contribution >= 0.6 is 0 Å². The molecule has 1 aliphatic carbocycles. The Labute approximate surface area is 222 Å². The third kappa shape index (κ3) is 7.09. The summed E-state index contributed by atoms with van der Waals surface area (Å²) in [4.78, 5) is 28.2. The number of hydrogen-bond acceptors (Lipinski definition) is 6. The lowest BCUT2D eigenvalue weighted by atomic mass is 9.72. The number of carbonyl (C=O) groups is 2. The number of likely N-dealkylation sites (tertiary alicyclic amines) is 1. The van der Waals surface area contributed by atoms with Crippen molar-refractivity contribution in [1.29, 1.82) is 0 Å². The Kier molecular flexibility index (Phi) is 8.42. The summed E-state index contributed by atoms with van der Waals surface area (Å²) < 4.78 is 17.1. The Morgan fingerprint density at radius 3 is 2.32 bits per heavy atom. The maximum Gasteiger partial charge on any atom is 0.408 e. The van der Waals surface area contributed by atoms with Crippen LogP contribution < -0.4 is 14.8 Å². The van der Waals surface area contributed by atoms with E-state index in [9.17, 15) is 14.7 Å². The molecule has 1 aromatic carbocycles. The Hall–Kier alpha value is -2.48. The van der Waals surface area contributed by atoms with E-state index in [1.165, 1.54) is 12.8 Å². The van der Waals surface area contributed by atoms with Gasteiger partial charge < -0.3 is 29.5 Å². The fraction of sp³-hybridized carbons (Fsp3) is 0.724. The van der Waals surface area contributed by atoms with Crippen LogP contribution in [0, 0.1) is 16.7 Å². The molecule has 208 valence electrons. The summed E-state index contributed by atoms with van der Waals surface area (Å²) in [5, 5.41) is 13.7. The standard InChI is InChI=1S/C29H46N2O6/c1-18(32)29(8)17-31(25(33)24(27(2,3)4)30-26(34)37-28(5,6)7)15-21(29)20-12-13-22(35-9)23(14-20)36-16-19-10-11-19/h12-14,18-19,21,24,32H,10-11,15-17H2,1-9H3,(H,30,34)/t18-,21+,24+,29+/m1/s1. The van der Waals surface area contributed by atoms with Gasteiger partial charge in [0.05, 0.1) is 19.8 Å². The predicted molar refractivity (Wildman–Crippen MR) is 143 cm³/mol. The third-order valence-corrected chi connectivity index (χ3v) is 7.53. The van der Waals surface area contributed by atoms with Crippen molar-refractivity contribution in [3.8, 4) is 11.5 Å². The third-order valence-electron chi connectivity index (χ3n) is 7.53. The van der Waals surface area contributed by atoms with Gasteiger partial charge in [0.1, 0.15) is 11.6 Å². The summed E-state index contributed by atoms with van der Waals surface area (Å²) in [6.45, 7) is 16.3. The first-order valence-corrected chi connectivity index (χ1v) is 13.3. The number of carbonyl (C=O) groups excluding carboxylic acids is 2. The Morgan fingerprint density at radius 2 is 1.81 bits per heavy atom. The second-order valence-electron chi connectivity index (χ2n) is 13.1. The topological polar surface area (TPSA) is 97.3 Å². The molecule has 2 fully saturated rings. The number of benzene rings is 1. The zero-order valence-electron chi connectivity index (χ0n) is 24.0. The normalized spacial score (nSPS) is 23.8. The molecule has 0 radical (unpaired) electrons. The van der Waals surface area contributed by atoms with E-state index in [2.05, 4.69) is 5.32 Å². The molecular formula is C29H46N2O6. The highest BCUT2D eigenvalue weighted by Gasteiger charge is 2.50. The van der Waals surface area contributed by atoms with Crippen molar-refractivity contribution < 1.29 is 28.9 Å². The number of alkyl carbamates (subject to hydrolysis) is 1. The van der Waals surface area contributed by atoms with Gasteiger partial charge in [-0.15, -0.1) is 0 Å². The van der Waals surface area contributed by atoms with Crippen LogP contribution in [0.1, 0.15) is 79.7 Å². The molecule has 3 rings (SSSR count). The highest BCUT2D eigenvalue weighted by atomic mass is 16.6. The molecule has 2 amide bonds. The first-order chi connectivity index (χ1) is 17.0. The average molecular weight is 519 g/mol. The fourth-order valence-corrected chi connectivity index (χ4v) is 4.86. The number of amides is 2. The SMILES string of the molecule is COc1ccc([C@@H]2CN(C(=O)[C@H](NC(=O)OC(C)(C)C)C(C)(C)C)C[C@@]2(C)[C@@H](C)O)cc1OCC1CC1. The lowest BCUT2D eigenvalue weighted by Gasteiger charge is -2.35. The average Bonchev–Trinajstić information content (AvgIpc) is 3.53. The van der Waals surface area contributed by atoms with Crippen LogP contribution in [0.5, 0.6) is 11.5 Å². The Balaban J connectivity index is 1.87. The van der Waals surface area contributed by atoms with E-state index < -0.39 is 34.7 Å². The van der Waals surface area contributed by atoms with Gasteiger partial charge in [-0.1, -0.05) is 33.8 Å². The molecule has 2 aliphatic rings. The van der Waals surface area contributed by atoms with E-state index in [4.69, 9.17) is 14.2 Å². The van der Waals surface area contributed by atoms with Crippen LogP contribution in [0.2, 0.25) is 0 Å². The molecule has 0 unspecified atom stereocenters. The summed E-state index contributed by atoms with van der Waals surface area (Å²) >= 11 is 0. The number of nitrogens with one attached hydrogen (secondary N) is 1. The molecule has 1 aliphatic heterocycles. The van der Waals surface area contributed by atoms with Crippen LogP contribution in [-0.2, 0) is 9.53 Å². The van der Waals surface area contributed by atoms with E-state index in [0.29, 0.717) is 37.1 Å². The van der Waals surface area contributed by atoms with Gasteiger partial charge in [0, 0.05) is 24.4 Å². The van der Waals surface area contributed by atoms with Crippen molar-refractivity contribution in [1.82, 2.24) is 10.2 Å². The molecule has 1 saturated heterocycles. The Morgan fingerprint density at radius 1 is 1.16 bits per heavy atom. The molecule has 37 heavy (non-hydrogen) atoms. The van der Waals surface area contributed by atoms with E-state index in [1.54, 1.807) is 39.7 Å². The van der Waals surface area contributed by atoms with Gasteiger partial charge in [-0.25, -0.2) is 4.79 Å². The number of nitrogens with zero attached hydrogens (tertiary/aromatic N) is 1. The summed E-state index contributed by atoms with van der Waals surface area (Å²) in [5.41, 5.74) is -0.825. The molecule has 1 aromatic rings. The van der Waals surface area contributed by atoms with Gasteiger partial charge in [-0.2, -0.15) is 0 Å². The molecule has 8 heteroatoms. The van der Waals surface area contributed by atoms with Gasteiger partial charge in [-0.3, -0.25) is 4.79 Å². The highest BCUT2D eigenvalue weighted by molar-refractivity contribution is 5.87. The van der Waals surface area contributed by atoms with E-state index in [1.807, 2.05) is 45.9 Å². The number of rotatable bonds is 8. The molecule has 1 heterocycles. The summed E-state index contributed by atoms with van der Waals surface area (Å²) in [7, 11) is 1.62. The molecule has 2 N–H and O–H groups in total. The van der Waals surface area contributed by atoms with Crippen molar-refractivity contribution in [2.75, 3.05) is 26.8 Å². The van der Waals surface area contributed by atoms with Crippen LogP contribution in [0.3, 0.4) is 0 Å². The van der Waals surface area contributed by atoms with Crippen molar-refractivity contribution >= 4 is 12.0 Å². The van der Waals surface area contributed by atoms with Crippen LogP contribution in [-0.4, -0.2) is 66.6 Å². The smallest absolute Gasteiger partial charge is 0.408 e. The van der Waals surface area contributed by atoms with Gasteiger partial charge in [0.25, 0.3) is 0 Å². The summed E-state index contributed by atoms with van der Waals surface area (Å²) in [5.74, 6) is 1.63. The predicted octanol–water partition coefficient (Wildman–Crippen LogP) is 4.74. The first-order valence-electron chi connectivity index (χ1n) is 13.3. The van der Waals surface area contributed by atoms with Gasteiger partial charge in [0.2, 0.25) is 5.91 Å². The molecular weight excluding hydrogens is 472 g/mol. The molecule has 8 nitrogen and oxygen atoms in total. The number of aliphatic hydroxyl groups excluding tert-OH is 1. The monoisotopic (exact) mass is 518 g/mol. The highest BCUT2D eigenvalue weighted by Crippen LogP contribution is 2.47. The van der Waals surface area contributed by atoms with Crippen molar-refractivity contribution in [3.05, 3.63) is 23.8 Å². The first kappa shape index (κ1) is 29.1. The molecule has 4 atom stereocenters. The van der Waals surface area contributed by atoms with Gasteiger partial charge in [-0.05, 0) is 69.6 Å². The Bertz CT molecular complexity index is 976. The van der Waals surface area contributed by atoms with Crippen molar-refractivity contribution in [2.24, 2.45) is 16.7 Å². The minimum absolute atomic E-state index is 0.132. The quantitative estimate of drug-likeness (QED) is 0.516. The van der Waals surface area contributed by atoms with Crippen LogP contribution in [0.25, 0.3) is 0 Å². The minimum Gasteiger partial charge on any atom is -0.493 e. The van der Waals surface area contributed by atoms with Crippen molar-refractivity contribution in [3.63, 3.8) is 0 Å². The number of methoxy groups -OCH3 is 1. The maximum atomic E-state index is 13.9. The largest absolute Gasteiger partial charge is 0.493 e. The second-order valence-corrected chi connectivity index (χ2v) is 13.1. The van der Waals surface area contributed by atoms with Crippen molar-refractivity contribution in [2.45, 2.75) is 91.9 Å². The zero-order chi connectivity index (χ0) is 27.8. The number of hydrogen-bond donors (Lipinski definition) is 2.